The van der Waals surface area contributed by atoms with E-state index < -0.39 is 19.1 Å². The molecule has 2 aromatic rings. The van der Waals surface area contributed by atoms with E-state index in [1.54, 1.807) is 13.2 Å². The van der Waals surface area contributed by atoms with Gasteiger partial charge in [0.2, 0.25) is 5.95 Å². The molecule has 0 radical (unpaired) electrons. The summed E-state index contributed by atoms with van der Waals surface area (Å²) < 4.78 is 63.3. The van der Waals surface area contributed by atoms with Gasteiger partial charge in [0, 0.05) is 56.4 Å². The number of alkyl halides is 4. The maximum atomic E-state index is 13.9. The van der Waals surface area contributed by atoms with Crippen molar-refractivity contribution >= 4 is 17.6 Å². The summed E-state index contributed by atoms with van der Waals surface area (Å²) in [5.41, 5.74) is 6.39. The van der Waals surface area contributed by atoms with E-state index in [1.807, 2.05) is 0 Å². The van der Waals surface area contributed by atoms with Gasteiger partial charge in [0.1, 0.15) is 5.82 Å². The molecule has 0 amide bonds. The zero-order chi connectivity index (χ0) is 23.3. The predicted octanol–water partition coefficient (Wildman–Crippen LogP) is 3.18. The molecule has 3 atom stereocenters. The van der Waals surface area contributed by atoms with E-state index in [-0.39, 0.29) is 42.6 Å². The molecule has 5 rings (SSSR count). The van der Waals surface area contributed by atoms with Crippen molar-refractivity contribution in [2.75, 3.05) is 42.3 Å². The van der Waals surface area contributed by atoms with Gasteiger partial charge >= 0.3 is 6.61 Å². The molecule has 2 aliphatic heterocycles. The molecular weight excluding hydrogens is 444 g/mol. The Morgan fingerprint density at radius 1 is 1.21 bits per heavy atom. The van der Waals surface area contributed by atoms with E-state index >= 15 is 0 Å². The average Bonchev–Trinajstić information content (AvgIpc) is 3.48. The Kier molecular flexibility index (Phi) is 5.42. The number of fused-ring (bicyclic) bond motifs is 2. The summed E-state index contributed by atoms with van der Waals surface area (Å²) in [6, 6.07) is 3.26. The fourth-order valence-corrected chi connectivity index (χ4v) is 5.03. The molecule has 1 saturated carbocycles. The first-order valence-electron chi connectivity index (χ1n) is 10.7. The monoisotopic (exact) mass is 468 g/mol. The standard InChI is InChI=1S/C21H24F4N6O2/c1-32-15-6-13-4-12(15)9-31(13)17-7-14(11-5-16(33-19(22)23)18(26)27-8-11)28-20(29-17)30-3-2-21(24,25)10-30/h5,7-8,12-13,15,19H,2-4,6,9-10H2,1H3,(H2,26,27). The highest BCUT2D eigenvalue weighted by atomic mass is 19.3. The molecule has 3 fully saturated rings. The molecule has 3 aliphatic rings. The lowest BCUT2D eigenvalue weighted by Crippen LogP contribution is -2.39. The minimum atomic E-state index is -3.07. The maximum Gasteiger partial charge on any atom is 0.387 e. The van der Waals surface area contributed by atoms with Gasteiger partial charge in [-0.15, -0.1) is 0 Å². The molecule has 33 heavy (non-hydrogen) atoms. The molecule has 178 valence electrons. The third kappa shape index (κ3) is 4.23. The third-order valence-corrected chi connectivity index (χ3v) is 6.62. The van der Waals surface area contributed by atoms with Crippen LogP contribution in [0.25, 0.3) is 11.3 Å². The van der Waals surface area contributed by atoms with Gasteiger partial charge in [-0.1, -0.05) is 0 Å². The highest BCUT2D eigenvalue weighted by Gasteiger charge is 2.46. The van der Waals surface area contributed by atoms with Crippen molar-refractivity contribution in [1.82, 2.24) is 15.0 Å². The molecule has 2 N–H and O–H groups in total. The van der Waals surface area contributed by atoms with Crippen LogP contribution in [0.4, 0.5) is 35.1 Å². The topological polar surface area (TPSA) is 89.6 Å². The fraction of sp³-hybridized carbons (Fsp3) is 0.571. The number of pyridine rings is 1. The Hall–Kier alpha value is -2.89. The zero-order valence-electron chi connectivity index (χ0n) is 17.9. The molecule has 0 spiro atoms. The lowest BCUT2D eigenvalue weighted by molar-refractivity contribution is -0.0494. The number of nitrogen functional groups attached to an aromatic ring is 1. The van der Waals surface area contributed by atoms with Gasteiger partial charge in [0.25, 0.3) is 5.92 Å². The summed E-state index contributed by atoms with van der Waals surface area (Å²) >= 11 is 0. The molecule has 2 saturated heterocycles. The average molecular weight is 468 g/mol. The van der Waals surface area contributed by atoms with E-state index in [0.717, 1.165) is 19.4 Å². The highest BCUT2D eigenvalue weighted by molar-refractivity contribution is 5.68. The Balaban J connectivity index is 1.53. The summed E-state index contributed by atoms with van der Waals surface area (Å²) in [5.74, 6) is -2.16. The first kappa shape index (κ1) is 21.9. The molecule has 2 aromatic heterocycles. The number of ether oxygens (including phenoxy) is 2. The number of hydrogen-bond donors (Lipinski definition) is 1. The third-order valence-electron chi connectivity index (χ3n) is 6.62. The van der Waals surface area contributed by atoms with Gasteiger partial charge < -0.3 is 25.0 Å². The Morgan fingerprint density at radius 3 is 2.67 bits per heavy atom. The van der Waals surface area contributed by atoms with Crippen LogP contribution in [-0.2, 0) is 4.74 Å². The van der Waals surface area contributed by atoms with Gasteiger partial charge in [-0.05, 0) is 18.9 Å². The van der Waals surface area contributed by atoms with Crippen molar-refractivity contribution in [3.63, 3.8) is 0 Å². The van der Waals surface area contributed by atoms with Crippen LogP contribution in [-0.4, -0.2) is 66.4 Å². The smallest absolute Gasteiger partial charge is 0.387 e. The molecule has 8 nitrogen and oxygen atoms in total. The Labute approximate surface area is 187 Å². The van der Waals surface area contributed by atoms with Gasteiger partial charge in [0.05, 0.1) is 18.3 Å². The van der Waals surface area contributed by atoms with Gasteiger partial charge in [-0.25, -0.2) is 18.7 Å². The van der Waals surface area contributed by atoms with E-state index in [4.69, 9.17) is 10.5 Å². The van der Waals surface area contributed by atoms with E-state index in [0.29, 0.717) is 23.0 Å². The molecule has 4 heterocycles. The second-order valence-corrected chi connectivity index (χ2v) is 8.74. The van der Waals surface area contributed by atoms with Crippen molar-refractivity contribution in [3.8, 4) is 17.0 Å². The number of methoxy groups -OCH3 is 1. The quantitative estimate of drug-likeness (QED) is 0.647. The Bertz CT molecular complexity index is 1040. The predicted molar refractivity (Wildman–Crippen MR) is 113 cm³/mol. The minimum absolute atomic E-state index is 0.118. The van der Waals surface area contributed by atoms with Crippen LogP contribution in [0, 0.1) is 5.92 Å². The number of nitrogens with zero attached hydrogens (tertiary/aromatic N) is 5. The van der Waals surface area contributed by atoms with Crippen LogP contribution in [0.1, 0.15) is 19.3 Å². The van der Waals surface area contributed by atoms with Crippen LogP contribution in [0.15, 0.2) is 18.3 Å². The van der Waals surface area contributed by atoms with Crippen molar-refractivity contribution in [1.29, 1.82) is 0 Å². The number of halogens is 4. The SMILES string of the molecule is COC1CC2CC1CN2c1cc(-c2cnc(N)c(OC(F)F)c2)nc(N2CCC(F)(F)C2)n1. The zero-order valence-corrected chi connectivity index (χ0v) is 17.9. The second kappa shape index (κ2) is 8.15. The summed E-state index contributed by atoms with van der Waals surface area (Å²) in [6.07, 6.45) is 3.12. The second-order valence-electron chi connectivity index (χ2n) is 8.74. The largest absolute Gasteiger partial charge is 0.431 e. The maximum absolute atomic E-state index is 13.9. The first-order valence-corrected chi connectivity index (χ1v) is 10.7. The molecule has 3 unspecified atom stereocenters. The molecule has 12 heteroatoms. The Morgan fingerprint density at radius 2 is 2.03 bits per heavy atom. The summed E-state index contributed by atoms with van der Waals surface area (Å²) in [5, 5.41) is 0. The van der Waals surface area contributed by atoms with Crippen molar-refractivity contribution < 1.29 is 27.0 Å². The number of anilines is 3. The lowest BCUT2D eigenvalue weighted by atomic mass is 10.1. The van der Waals surface area contributed by atoms with Crippen molar-refractivity contribution in [2.24, 2.45) is 5.92 Å². The highest BCUT2D eigenvalue weighted by Crippen LogP contribution is 2.42. The van der Waals surface area contributed by atoms with Crippen LogP contribution < -0.4 is 20.3 Å². The fourth-order valence-electron chi connectivity index (χ4n) is 5.03. The van der Waals surface area contributed by atoms with Crippen LogP contribution >= 0.6 is 0 Å². The lowest BCUT2D eigenvalue weighted by Gasteiger charge is -2.32. The normalized spacial score (nSPS) is 25.9. The molecular formula is C21H24F4N6O2. The number of piperidine rings is 1. The van der Waals surface area contributed by atoms with Crippen LogP contribution in [0.2, 0.25) is 0 Å². The van der Waals surface area contributed by atoms with Gasteiger partial charge in [-0.2, -0.15) is 13.8 Å². The van der Waals surface area contributed by atoms with E-state index in [9.17, 15) is 17.6 Å². The summed E-state index contributed by atoms with van der Waals surface area (Å²) in [6.45, 7) is -2.70. The number of rotatable bonds is 6. The molecule has 0 aromatic carbocycles. The number of hydrogen-bond acceptors (Lipinski definition) is 8. The van der Waals surface area contributed by atoms with Crippen molar-refractivity contribution in [2.45, 2.75) is 43.9 Å². The van der Waals surface area contributed by atoms with E-state index in [1.165, 1.54) is 17.2 Å². The first-order chi connectivity index (χ1) is 15.7. The van der Waals surface area contributed by atoms with Crippen LogP contribution in [0.3, 0.4) is 0 Å². The summed E-state index contributed by atoms with van der Waals surface area (Å²) in [7, 11) is 1.71. The van der Waals surface area contributed by atoms with Crippen molar-refractivity contribution in [3.05, 3.63) is 18.3 Å². The van der Waals surface area contributed by atoms with E-state index in [2.05, 4.69) is 24.6 Å². The molecule has 2 bridgehead atoms. The van der Waals surface area contributed by atoms with Crippen LogP contribution in [0.5, 0.6) is 5.75 Å². The van der Waals surface area contributed by atoms with Gasteiger partial charge in [-0.3, -0.25) is 0 Å². The minimum Gasteiger partial charge on any atom is -0.431 e. The molecule has 1 aliphatic carbocycles. The van der Waals surface area contributed by atoms with Gasteiger partial charge in [0.15, 0.2) is 11.6 Å². The number of nitrogens with two attached hydrogens (primary N) is 1. The number of aromatic nitrogens is 3. The summed E-state index contributed by atoms with van der Waals surface area (Å²) in [4.78, 5) is 16.6.